The van der Waals surface area contributed by atoms with Crippen LogP contribution in [-0.4, -0.2) is 29.2 Å². The molecule has 1 heterocycles. The fourth-order valence-electron chi connectivity index (χ4n) is 2.13. The van der Waals surface area contributed by atoms with Crippen LogP contribution in [0.1, 0.15) is 32.4 Å². The van der Waals surface area contributed by atoms with Crippen molar-refractivity contribution in [2.24, 2.45) is 5.73 Å². The lowest BCUT2D eigenvalue weighted by Gasteiger charge is -2.46. The molecule has 19 heavy (non-hydrogen) atoms. The quantitative estimate of drug-likeness (QED) is 0.849. The lowest BCUT2D eigenvalue weighted by molar-refractivity contribution is -0.0134. The molecule has 0 bridgehead atoms. The van der Waals surface area contributed by atoms with Crippen LogP contribution in [-0.2, 0) is 4.74 Å². The number of likely N-dealkylation sites (tertiary alicyclic amines) is 1. The molecule has 2 unspecified atom stereocenters. The van der Waals surface area contributed by atoms with E-state index in [1.54, 1.807) is 17.0 Å². The van der Waals surface area contributed by atoms with Crippen LogP contribution >= 0.6 is 0 Å². The molecular formula is C14H19FN2O2. The summed E-state index contributed by atoms with van der Waals surface area (Å²) in [6, 6.07) is 5.65. The summed E-state index contributed by atoms with van der Waals surface area (Å²) >= 11 is 0. The standard InChI is InChI=1S/C14H19FN2O2/c1-14(2,3)19-13(18)17-8-11(16)12(17)9-4-6-10(15)7-5-9/h4-7,11-12H,8,16H2,1-3H3. The highest BCUT2D eigenvalue weighted by molar-refractivity contribution is 5.70. The van der Waals surface area contributed by atoms with E-state index in [1.807, 2.05) is 20.8 Å². The summed E-state index contributed by atoms with van der Waals surface area (Å²) in [5.41, 5.74) is 6.23. The van der Waals surface area contributed by atoms with Gasteiger partial charge in [0.05, 0.1) is 6.04 Å². The van der Waals surface area contributed by atoms with Crippen LogP contribution in [0.3, 0.4) is 0 Å². The first-order valence-corrected chi connectivity index (χ1v) is 6.28. The van der Waals surface area contributed by atoms with Gasteiger partial charge in [-0.1, -0.05) is 12.1 Å². The van der Waals surface area contributed by atoms with Crippen LogP contribution in [0.4, 0.5) is 9.18 Å². The average molecular weight is 266 g/mol. The molecule has 0 aliphatic carbocycles. The number of nitrogens with two attached hydrogens (primary N) is 1. The largest absolute Gasteiger partial charge is 0.444 e. The molecule has 1 amide bonds. The summed E-state index contributed by atoms with van der Waals surface area (Å²) < 4.78 is 18.2. The summed E-state index contributed by atoms with van der Waals surface area (Å²) in [5.74, 6) is -0.305. The highest BCUT2D eigenvalue weighted by Gasteiger charge is 2.42. The van der Waals surface area contributed by atoms with Gasteiger partial charge in [0.25, 0.3) is 0 Å². The number of carbonyl (C=O) groups excluding carboxylic acids is 1. The predicted octanol–water partition coefficient (Wildman–Crippen LogP) is 2.44. The zero-order chi connectivity index (χ0) is 14.2. The van der Waals surface area contributed by atoms with Gasteiger partial charge < -0.3 is 10.5 Å². The number of carbonyl (C=O) groups is 1. The summed E-state index contributed by atoms with van der Waals surface area (Å²) in [6.07, 6.45) is -0.386. The Morgan fingerprint density at radius 1 is 1.37 bits per heavy atom. The van der Waals surface area contributed by atoms with E-state index in [0.717, 1.165) is 5.56 Å². The second kappa shape index (κ2) is 4.81. The molecule has 104 valence electrons. The molecule has 0 saturated carbocycles. The maximum atomic E-state index is 12.9. The van der Waals surface area contributed by atoms with Gasteiger partial charge in [0, 0.05) is 12.6 Å². The normalized spacial score (nSPS) is 22.9. The summed E-state index contributed by atoms with van der Waals surface area (Å²) in [6.45, 7) is 5.91. The fourth-order valence-corrected chi connectivity index (χ4v) is 2.13. The third-order valence-corrected chi connectivity index (χ3v) is 2.99. The van der Waals surface area contributed by atoms with Crippen molar-refractivity contribution in [1.82, 2.24) is 4.90 Å². The molecule has 1 aromatic carbocycles. The summed E-state index contributed by atoms with van der Waals surface area (Å²) in [7, 11) is 0. The van der Waals surface area contributed by atoms with Crippen molar-refractivity contribution in [3.05, 3.63) is 35.6 Å². The number of hydrogen-bond acceptors (Lipinski definition) is 3. The van der Waals surface area contributed by atoms with E-state index < -0.39 is 5.60 Å². The van der Waals surface area contributed by atoms with Gasteiger partial charge in [-0.2, -0.15) is 0 Å². The first-order valence-electron chi connectivity index (χ1n) is 6.28. The van der Waals surface area contributed by atoms with Crippen LogP contribution in [0.25, 0.3) is 0 Å². The van der Waals surface area contributed by atoms with E-state index >= 15 is 0 Å². The van der Waals surface area contributed by atoms with E-state index in [1.165, 1.54) is 12.1 Å². The van der Waals surface area contributed by atoms with E-state index in [0.29, 0.717) is 6.54 Å². The molecule has 1 fully saturated rings. The van der Waals surface area contributed by atoms with E-state index in [4.69, 9.17) is 10.5 Å². The zero-order valence-corrected chi connectivity index (χ0v) is 11.4. The molecular weight excluding hydrogens is 247 g/mol. The van der Waals surface area contributed by atoms with Crippen LogP contribution < -0.4 is 5.73 Å². The zero-order valence-electron chi connectivity index (χ0n) is 11.4. The van der Waals surface area contributed by atoms with Gasteiger partial charge in [-0.05, 0) is 38.5 Å². The topological polar surface area (TPSA) is 55.6 Å². The SMILES string of the molecule is CC(C)(C)OC(=O)N1CC(N)C1c1ccc(F)cc1. The molecule has 1 aliphatic heterocycles. The van der Waals surface area contributed by atoms with Crippen LogP contribution in [0, 0.1) is 5.82 Å². The van der Waals surface area contributed by atoms with Crippen molar-refractivity contribution >= 4 is 6.09 Å². The summed E-state index contributed by atoms with van der Waals surface area (Å²) in [5, 5.41) is 0. The van der Waals surface area contributed by atoms with Crippen LogP contribution in [0.5, 0.6) is 0 Å². The first kappa shape index (κ1) is 13.8. The number of nitrogens with zero attached hydrogens (tertiary/aromatic N) is 1. The Hall–Kier alpha value is -1.62. The Labute approximate surface area is 112 Å². The number of hydrogen-bond donors (Lipinski definition) is 1. The summed E-state index contributed by atoms with van der Waals surface area (Å²) in [4.78, 5) is 13.6. The number of benzene rings is 1. The minimum absolute atomic E-state index is 0.141. The van der Waals surface area contributed by atoms with Gasteiger partial charge in [-0.3, -0.25) is 4.90 Å². The number of amides is 1. The smallest absolute Gasteiger partial charge is 0.410 e. The fraction of sp³-hybridized carbons (Fsp3) is 0.500. The molecule has 2 atom stereocenters. The third-order valence-electron chi connectivity index (χ3n) is 2.99. The molecule has 2 rings (SSSR count). The van der Waals surface area contributed by atoms with E-state index in [2.05, 4.69) is 0 Å². The van der Waals surface area contributed by atoms with Gasteiger partial charge in [0.15, 0.2) is 0 Å². The number of halogens is 1. The maximum absolute atomic E-state index is 12.9. The van der Waals surface area contributed by atoms with E-state index in [-0.39, 0.29) is 24.0 Å². The molecule has 2 N–H and O–H groups in total. The van der Waals surface area contributed by atoms with Crippen LogP contribution in [0.15, 0.2) is 24.3 Å². The molecule has 0 spiro atoms. The van der Waals surface area contributed by atoms with Gasteiger partial charge in [-0.25, -0.2) is 9.18 Å². The minimum atomic E-state index is -0.538. The van der Waals surface area contributed by atoms with Crippen LogP contribution in [0.2, 0.25) is 0 Å². The monoisotopic (exact) mass is 266 g/mol. The average Bonchev–Trinajstić information content (AvgIpc) is 2.26. The second-order valence-electron chi connectivity index (χ2n) is 5.79. The lowest BCUT2D eigenvalue weighted by atomic mass is 9.90. The molecule has 5 heteroatoms. The Kier molecular flexibility index (Phi) is 3.49. The second-order valence-corrected chi connectivity index (χ2v) is 5.79. The van der Waals surface area contributed by atoms with Crippen molar-refractivity contribution in [2.75, 3.05) is 6.54 Å². The van der Waals surface area contributed by atoms with Gasteiger partial charge in [-0.15, -0.1) is 0 Å². The maximum Gasteiger partial charge on any atom is 0.410 e. The minimum Gasteiger partial charge on any atom is -0.444 e. The Morgan fingerprint density at radius 3 is 2.42 bits per heavy atom. The first-order chi connectivity index (χ1) is 8.78. The molecule has 4 nitrogen and oxygen atoms in total. The molecule has 1 aromatic rings. The van der Waals surface area contributed by atoms with Crippen molar-refractivity contribution < 1.29 is 13.9 Å². The van der Waals surface area contributed by atoms with Crippen molar-refractivity contribution in [3.63, 3.8) is 0 Å². The molecule has 0 radical (unpaired) electrons. The molecule has 1 aliphatic rings. The van der Waals surface area contributed by atoms with Gasteiger partial charge in [0.2, 0.25) is 0 Å². The van der Waals surface area contributed by atoms with Crippen molar-refractivity contribution in [3.8, 4) is 0 Å². The van der Waals surface area contributed by atoms with E-state index in [9.17, 15) is 9.18 Å². The Bertz CT molecular complexity index is 467. The van der Waals surface area contributed by atoms with Gasteiger partial charge >= 0.3 is 6.09 Å². The highest BCUT2D eigenvalue weighted by atomic mass is 19.1. The van der Waals surface area contributed by atoms with Crippen molar-refractivity contribution in [2.45, 2.75) is 38.5 Å². The molecule has 0 aromatic heterocycles. The number of rotatable bonds is 1. The predicted molar refractivity (Wildman–Crippen MR) is 70.1 cm³/mol. The highest BCUT2D eigenvalue weighted by Crippen LogP contribution is 2.33. The number of ether oxygens (including phenoxy) is 1. The molecule has 1 saturated heterocycles. The Morgan fingerprint density at radius 2 is 1.95 bits per heavy atom. The Balaban J connectivity index is 2.11. The van der Waals surface area contributed by atoms with Gasteiger partial charge in [0.1, 0.15) is 11.4 Å². The van der Waals surface area contributed by atoms with Crippen molar-refractivity contribution in [1.29, 1.82) is 0 Å². The third kappa shape index (κ3) is 3.04. The lowest BCUT2D eigenvalue weighted by Crippen LogP contribution is -2.60.